The number of nitro groups is 1. The van der Waals surface area contributed by atoms with Crippen LogP contribution in [-0.4, -0.2) is 17.4 Å². The lowest BCUT2D eigenvalue weighted by Gasteiger charge is -2.06. The highest BCUT2D eigenvalue weighted by Gasteiger charge is 2.16. The van der Waals surface area contributed by atoms with Gasteiger partial charge in [0.2, 0.25) is 0 Å². The van der Waals surface area contributed by atoms with E-state index < -0.39 is 10.8 Å². The van der Waals surface area contributed by atoms with Crippen molar-refractivity contribution in [3.8, 4) is 6.07 Å². The Morgan fingerprint density at radius 1 is 1.11 bits per heavy atom. The molecule has 0 unspecified atom stereocenters. The predicted molar refractivity (Wildman–Crippen MR) is 103 cm³/mol. The maximum Gasteiger partial charge on any atom is 0.292 e. The SMILES string of the molecule is N#C/C(=C/NCCCCc1ccccc1)C(=O)Nc1ccccc1[N+](=O)[O-]. The fraction of sp³-hybridized carbons (Fsp3) is 0.200. The summed E-state index contributed by atoms with van der Waals surface area (Å²) in [6, 6.07) is 17.7. The van der Waals surface area contributed by atoms with Crippen LogP contribution in [0.4, 0.5) is 11.4 Å². The highest BCUT2D eigenvalue weighted by Crippen LogP contribution is 2.23. The zero-order valence-electron chi connectivity index (χ0n) is 14.7. The normalized spacial score (nSPS) is 10.7. The predicted octanol–water partition coefficient (Wildman–Crippen LogP) is 3.55. The molecule has 0 radical (unpaired) electrons. The molecule has 2 aromatic carbocycles. The molecule has 2 rings (SSSR count). The van der Waals surface area contributed by atoms with E-state index in [1.165, 1.54) is 30.0 Å². The average molecular weight is 364 g/mol. The number of carbonyl (C=O) groups is 1. The van der Waals surface area contributed by atoms with Crippen molar-refractivity contribution < 1.29 is 9.72 Å². The first kappa shape index (κ1) is 19.7. The molecule has 0 saturated heterocycles. The van der Waals surface area contributed by atoms with Crippen LogP contribution < -0.4 is 10.6 Å². The van der Waals surface area contributed by atoms with Gasteiger partial charge in [-0.2, -0.15) is 5.26 Å². The Labute approximate surface area is 157 Å². The van der Waals surface area contributed by atoms with Crippen LogP contribution in [0.5, 0.6) is 0 Å². The fourth-order valence-electron chi connectivity index (χ4n) is 2.45. The molecular weight excluding hydrogens is 344 g/mol. The number of amides is 1. The average Bonchev–Trinajstić information content (AvgIpc) is 2.68. The molecule has 27 heavy (non-hydrogen) atoms. The molecule has 0 saturated carbocycles. The number of unbranched alkanes of at least 4 members (excludes halogenated alkanes) is 1. The van der Waals surface area contributed by atoms with Crippen molar-refractivity contribution in [2.45, 2.75) is 19.3 Å². The number of nitrogens with zero attached hydrogens (tertiary/aromatic N) is 2. The van der Waals surface area contributed by atoms with Gasteiger partial charge in [-0.25, -0.2) is 0 Å². The van der Waals surface area contributed by atoms with Gasteiger partial charge in [-0.05, 0) is 30.9 Å². The van der Waals surface area contributed by atoms with Crippen molar-refractivity contribution in [1.82, 2.24) is 5.32 Å². The molecule has 0 bridgehead atoms. The van der Waals surface area contributed by atoms with Gasteiger partial charge in [0.1, 0.15) is 17.3 Å². The van der Waals surface area contributed by atoms with E-state index in [4.69, 9.17) is 5.26 Å². The molecule has 0 spiro atoms. The first-order valence-electron chi connectivity index (χ1n) is 8.54. The highest BCUT2D eigenvalue weighted by molar-refractivity contribution is 6.07. The van der Waals surface area contributed by atoms with Crippen molar-refractivity contribution in [2.75, 3.05) is 11.9 Å². The lowest BCUT2D eigenvalue weighted by atomic mass is 10.1. The summed E-state index contributed by atoms with van der Waals surface area (Å²) in [5, 5.41) is 25.5. The summed E-state index contributed by atoms with van der Waals surface area (Å²) in [6.45, 7) is 0.622. The van der Waals surface area contributed by atoms with Gasteiger partial charge in [-0.15, -0.1) is 0 Å². The summed E-state index contributed by atoms with van der Waals surface area (Å²) < 4.78 is 0. The number of carbonyl (C=O) groups excluding carboxylic acids is 1. The number of benzene rings is 2. The summed E-state index contributed by atoms with van der Waals surface area (Å²) in [5.74, 6) is -0.691. The third-order valence-corrected chi connectivity index (χ3v) is 3.84. The van der Waals surface area contributed by atoms with Crippen molar-refractivity contribution in [3.63, 3.8) is 0 Å². The first-order valence-corrected chi connectivity index (χ1v) is 8.54. The van der Waals surface area contributed by atoms with Gasteiger partial charge >= 0.3 is 0 Å². The van der Waals surface area contributed by atoms with Crippen molar-refractivity contribution >= 4 is 17.3 Å². The number of hydrogen-bond donors (Lipinski definition) is 2. The second kappa shape index (κ2) is 10.4. The Hall–Kier alpha value is -3.66. The molecule has 0 aliphatic carbocycles. The zero-order chi connectivity index (χ0) is 19.5. The Bertz CT molecular complexity index is 857. The number of rotatable bonds is 9. The Morgan fingerprint density at radius 3 is 2.52 bits per heavy atom. The maximum atomic E-state index is 12.2. The molecule has 0 atom stereocenters. The number of aryl methyl sites for hydroxylation is 1. The Kier molecular flexibility index (Phi) is 7.54. The number of hydrogen-bond acceptors (Lipinski definition) is 5. The maximum absolute atomic E-state index is 12.2. The summed E-state index contributed by atoms with van der Waals surface area (Å²) in [5.41, 5.74) is 0.958. The Balaban J connectivity index is 1.82. The third-order valence-electron chi connectivity index (χ3n) is 3.84. The number of nitrogens with one attached hydrogen (secondary N) is 2. The van der Waals surface area contributed by atoms with Crippen LogP contribution in [0.1, 0.15) is 18.4 Å². The lowest BCUT2D eigenvalue weighted by Crippen LogP contribution is -2.18. The Morgan fingerprint density at radius 2 is 1.81 bits per heavy atom. The van der Waals surface area contributed by atoms with Crippen molar-refractivity contribution in [3.05, 3.63) is 82.0 Å². The van der Waals surface area contributed by atoms with Crippen molar-refractivity contribution in [1.29, 1.82) is 5.26 Å². The van der Waals surface area contributed by atoms with Gasteiger partial charge < -0.3 is 10.6 Å². The monoisotopic (exact) mass is 364 g/mol. The largest absolute Gasteiger partial charge is 0.390 e. The molecule has 7 heteroatoms. The number of nitro benzene ring substituents is 1. The quantitative estimate of drug-likeness (QED) is 0.232. The zero-order valence-corrected chi connectivity index (χ0v) is 14.7. The number of anilines is 1. The van der Waals surface area contributed by atoms with Gasteiger partial charge in [-0.3, -0.25) is 14.9 Å². The standard InChI is InChI=1S/C20H20N4O3/c21-14-17(15-22-13-7-6-10-16-8-2-1-3-9-16)20(25)23-18-11-4-5-12-19(18)24(26)27/h1-5,8-9,11-12,15,22H,6-7,10,13H2,(H,23,25)/b17-15-. The smallest absolute Gasteiger partial charge is 0.292 e. The van der Waals surface area contributed by atoms with Gasteiger partial charge in [0, 0.05) is 18.8 Å². The molecule has 0 aliphatic rings. The topological polar surface area (TPSA) is 108 Å². The van der Waals surface area contributed by atoms with Crippen LogP contribution in [0.15, 0.2) is 66.4 Å². The molecule has 0 fully saturated rings. The molecule has 0 aliphatic heterocycles. The van der Waals surface area contributed by atoms with E-state index >= 15 is 0 Å². The van der Waals surface area contributed by atoms with Gasteiger partial charge in [0.05, 0.1) is 4.92 Å². The minimum Gasteiger partial charge on any atom is -0.390 e. The second-order valence-corrected chi connectivity index (χ2v) is 5.80. The number of para-hydroxylation sites is 2. The van der Waals surface area contributed by atoms with Gasteiger partial charge in [0.15, 0.2) is 0 Å². The molecule has 0 aromatic heterocycles. The van der Waals surface area contributed by atoms with E-state index in [1.807, 2.05) is 18.2 Å². The van der Waals surface area contributed by atoms with E-state index in [-0.39, 0.29) is 16.9 Å². The van der Waals surface area contributed by atoms with Gasteiger partial charge in [0.25, 0.3) is 11.6 Å². The van der Waals surface area contributed by atoms with Gasteiger partial charge in [-0.1, -0.05) is 42.5 Å². The molecular formula is C20H20N4O3. The van der Waals surface area contributed by atoms with Crippen LogP contribution in [0.25, 0.3) is 0 Å². The molecule has 1 amide bonds. The third kappa shape index (κ3) is 6.29. The van der Waals surface area contributed by atoms with Crippen molar-refractivity contribution in [2.24, 2.45) is 0 Å². The van der Waals surface area contributed by atoms with Crippen LogP contribution in [0.2, 0.25) is 0 Å². The second-order valence-electron chi connectivity index (χ2n) is 5.80. The van der Waals surface area contributed by atoms with E-state index in [1.54, 1.807) is 12.1 Å². The van der Waals surface area contributed by atoms with E-state index in [2.05, 4.69) is 22.8 Å². The molecule has 2 N–H and O–H groups in total. The number of nitriles is 1. The van der Waals surface area contributed by atoms with E-state index in [0.717, 1.165) is 19.3 Å². The van der Waals surface area contributed by atoms with E-state index in [0.29, 0.717) is 6.54 Å². The summed E-state index contributed by atoms with van der Waals surface area (Å²) in [6.07, 6.45) is 4.17. The van der Waals surface area contributed by atoms with E-state index in [9.17, 15) is 14.9 Å². The minimum atomic E-state index is -0.691. The minimum absolute atomic E-state index is 0.0523. The molecule has 2 aromatic rings. The molecule has 7 nitrogen and oxygen atoms in total. The van der Waals surface area contributed by atoms with Crippen LogP contribution in [0, 0.1) is 21.4 Å². The summed E-state index contributed by atoms with van der Waals surface area (Å²) >= 11 is 0. The van der Waals surface area contributed by atoms with Crippen LogP contribution in [-0.2, 0) is 11.2 Å². The van der Waals surface area contributed by atoms with Crippen LogP contribution in [0.3, 0.4) is 0 Å². The molecule has 138 valence electrons. The fourth-order valence-corrected chi connectivity index (χ4v) is 2.45. The summed E-state index contributed by atoms with van der Waals surface area (Å²) in [4.78, 5) is 22.6. The van der Waals surface area contributed by atoms with Crippen LogP contribution >= 0.6 is 0 Å². The highest BCUT2D eigenvalue weighted by atomic mass is 16.6. The lowest BCUT2D eigenvalue weighted by molar-refractivity contribution is -0.383. The molecule has 0 heterocycles. The summed E-state index contributed by atoms with van der Waals surface area (Å²) in [7, 11) is 0. The first-order chi connectivity index (χ1) is 13.1.